The maximum absolute atomic E-state index is 11.8. The van der Waals surface area contributed by atoms with E-state index in [1.807, 2.05) is 6.92 Å². The van der Waals surface area contributed by atoms with Crippen LogP contribution in [-0.2, 0) is 6.54 Å². The lowest BCUT2D eigenvalue weighted by atomic mass is 10.1. The largest absolute Gasteiger partial charge is 0.389 e. The van der Waals surface area contributed by atoms with Gasteiger partial charge in [0.25, 0.3) is 0 Å². The Morgan fingerprint density at radius 3 is 2.67 bits per heavy atom. The highest BCUT2D eigenvalue weighted by Gasteiger charge is 2.28. The molecular weight excluding hydrogens is 209 g/mol. The molecule has 0 N–H and O–H groups in total. The van der Waals surface area contributed by atoms with Crippen molar-refractivity contribution in [1.82, 2.24) is 9.78 Å². The van der Waals surface area contributed by atoms with Gasteiger partial charge in [0.05, 0.1) is 18.2 Å². The number of ketones is 1. The summed E-state index contributed by atoms with van der Waals surface area (Å²) in [6.07, 6.45) is -3.13. The molecule has 0 aliphatic heterocycles. The van der Waals surface area contributed by atoms with Gasteiger partial charge >= 0.3 is 6.18 Å². The number of Topliss-reactive ketones (excluding diaryl/α,β-unsaturated/α-hetero) is 1. The lowest BCUT2D eigenvalue weighted by Crippen LogP contribution is -2.10. The lowest BCUT2D eigenvalue weighted by Gasteiger charge is -2.03. The molecule has 1 heterocycles. The molecule has 0 aliphatic carbocycles. The summed E-state index contributed by atoms with van der Waals surface area (Å²) < 4.78 is 37.0. The number of nitrogens with zero attached hydrogens (tertiary/aromatic N) is 2. The zero-order valence-corrected chi connectivity index (χ0v) is 8.21. The van der Waals surface area contributed by atoms with Crippen molar-refractivity contribution >= 4 is 5.78 Å². The van der Waals surface area contributed by atoms with Gasteiger partial charge in [0.2, 0.25) is 0 Å². The fourth-order valence-electron chi connectivity index (χ4n) is 1.08. The van der Waals surface area contributed by atoms with Gasteiger partial charge in [-0.15, -0.1) is 0 Å². The maximum Gasteiger partial charge on any atom is 0.389 e. The summed E-state index contributed by atoms with van der Waals surface area (Å²) in [5, 5.41) is 3.81. The second-order valence-electron chi connectivity index (χ2n) is 3.12. The molecule has 0 aliphatic rings. The van der Waals surface area contributed by atoms with E-state index in [4.69, 9.17) is 0 Å². The lowest BCUT2D eigenvalue weighted by molar-refractivity contribution is -0.133. The van der Waals surface area contributed by atoms with Crippen LogP contribution in [0.4, 0.5) is 13.2 Å². The number of aryl methyl sites for hydroxylation is 1. The normalized spacial score (nSPS) is 11.7. The zero-order valence-electron chi connectivity index (χ0n) is 8.21. The predicted octanol–water partition coefficient (Wildman–Crippen LogP) is 2.43. The van der Waals surface area contributed by atoms with Gasteiger partial charge in [-0.2, -0.15) is 18.3 Å². The van der Waals surface area contributed by atoms with Crippen molar-refractivity contribution in [3.05, 3.63) is 18.0 Å². The zero-order chi connectivity index (χ0) is 11.5. The van der Waals surface area contributed by atoms with Gasteiger partial charge in [-0.05, 0) is 6.92 Å². The summed E-state index contributed by atoms with van der Waals surface area (Å²) in [5.41, 5.74) is 0.237. The van der Waals surface area contributed by atoms with Gasteiger partial charge in [-0.3, -0.25) is 9.48 Å². The average molecular weight is 220 g/mol. The van der Waals surface area contributed by atoms with Crippen LogP contribution in [0.1, 0.15) is 30.1 Å². The van der Waals surface area contributed by atoms with Gasteiger partial charge in [0.15, 0.2) is 5.78 Å². The molecule has 6 heteroatoms. The molecule has 0 spiro atoms. The van der Waals surface area contributed by atoms with E-state index in [1.165, 1.54) is 17.1 Å². The van der Waals surface area contributed by atoms with E-state index in [-0.39, 0.29) is 5.56 Å². The highest BCUT2D eigenvalue weighted by molar-refractivity contribution is 5.95. The van der Waals surface area contributed by atoms with Crippen molar-refractivity contribution in [3.8, 4) is 0 Å². The van der Waals surface area contributed by atoms with Crippen LogP contribution in [0.5, 0.6) is 0 Å². The van der Waals surface area contributed by atoms with Crippen LogP contribution in [0.2, 0.25) is 0 Å². The SMILES string of the molecule is CCn1cc(C(=O)CCC(F)(F)F)cn1. The Balaban J connectivity index is 2.54. The third-order valence-electron chi connectivity index (χ3n) is 1.91. The molecular formula is C9H11F3N2O. The van der Waals surface area contributed by atoms with Crippen LogP contribution < -0.4 is 0 Å². The third kappa shape index (κ3) is 3.73. The molecule has 0 bridgehead atoms. The van der Waals surface area contributed by atoms with E-state index in [0.717, 1.165) is 0 Å². The summed E-state index contributed by atoms with van der Waals surface area (Å²) >= 11 is 0. The Morgan fingerprint density at radius 2 is 2.20 bits per heavy atom. The fourth-order valence-corrected chi connectivity index (χ4v) is 1.08. The quantitative estimate of drug-likeness (QED) is 0.730. The second kappa shape index (κ2) is 4.46. The Bertz CT molecular complexity index is 343. The third-order valence-corrected chi connectivity index (χ3v) is 1.91. The van der Waals surface area contributed by atoms with Crippen molar-refractivity contribution in [3.63, 3.8) is 0 Å². The molecule has 1 aromatic rings. The van der Waals surface area contributed by atoms with Crippen LogP contribution in [0.3, 0.4) is 0 Å². The van der Waals surface area contributed by atoms with Gasteiger partial charge in [-0.25, -0.2) is 0 Å². The molecule has 0 saturated carbocycles. The van der Waals surface area contributed by atoms with Crippen LogP contribution in [-0.4, -0.2) is 21.7 Å². The molecule has 0 aromatic carbocycles. The number of hydrogen-bond donors (Lipinski definition) is 0. The minimum absolute atomic E-state index is 0.237. The Morgan fingerprint density at radius 1 is 1.53 bits per heavy atom. The molecule has 1 aromatic heterocycles. The molecule has 3 nitrogen and oxygen atoms in total. The van der Waals surface area contributed by atoms with E-state index >= 15 is 0 Å². The van der Waals surface area contributed by atoms with Gasteiger partial charge < -0.3 is 0 Å². The fraction of sp³-hybridized carbons (Fsp3) is 0.556. The van der Waals surface area contributed by atoms with Crippen LogP contribution >= 0.6 is 0 Å². The van der Waals surface area contributed by atoms with E-state index in [0.29, 0.717) is 6.54 Å². The molecule has 0 unspecified atom stereocenters. The number of rotatable bonds is 4. The molecule has 0 radical (unpaired) electrons. The van der Waals surface area contributed by atoms with Gasteiger partial charge in [-0.1, -0.05) is 0 Å². The van der Waals surface area contributed by atoms with Crippen molar-refractivity contribution in [2.24, 2.45) is 0 Å². The molecule has 1 rings (SSSR count). The summed E-state index contributed by atoms with van der Waals surface area (Å²) in [5.74, 6) is -0.521. The standard InChI is InChI=1S/C9H11F3N2O/c1-2-14-6-7(5-13-14)8(15)3-4-9(10,11)12/h5-6H,2-4H2,1H3. The van der Waals surface area contributed by atoms with Crippen LogP contribution in [0, 0.1) is 0 Å². The highest BCUT2D eigenvalue weighted by atomic mass is 19.4. The van der Waals surface area contributed by atoms with Crippen molar-refractivity contribution < 1.29 is 18.0 Å². The predicted molar refractivity (Wildman–Crippen MR) is 47.5 cm³/mol. The first-order valence-corrected chi connectivity index (χ1v) is 4.55. The monoisotopic (exact) mass is 220 g/mol. The number of alkyl halides is 3. The Hall–Kier alpha value is -1.33. The molecule has 0 saturated heterocycles. The van der Waals surface area contributed by atoms with Crippen molar-refractivity contribution in [2.75, 3.05) is 0 Å². The van der Waals surface area contributed by atoms with Crippen LogP contribution in [0.15, 0.2) is 12.4 Å². The van der Waals surface area contributed by atoms with E-state index in [9.17, 15) is 18.0 Å². The summed E-state index contributed by atoms with van der Waals surface area (Å²) in [7, 11) is 0. The molecule has 0 atom stereocenters. The number of aromatic nitrogens is 2. The number of halogens is 3. The minimum Gasteiger partial charge on any atom is -0.294 e. The second-order valence-corrected chi connectivity index (χ2v) is 3.12. The first-order valence-electron chi connectivity index (χ1n) is 4.55. The van der Waals surface area contributed by atoms with Gasteiger partial charge in [0.1, 0.15) is 0 Å². The first kappa shape index (κ1) is 11.7. The summed E-state index contributed by atoms with van der Waals surface area (Å²) in [4.78, 5) is 11.3. The Labute approximate surface area is 84.9 Å². The molecule has 84 valence electrons. The van der Waals surface area contributed by atoms with Crippen molar-refractivity contribution in [1.29, 1.82) is 0 Å². The molecule has 15 heavy (non-hydrogen) atoms. The van der Waals surface area contributed by atoms with Gasteiger partial charge in [0, 0.05) is 19.2 Å². The average Bonchev–Trinajstić information content (AvgIpc) is 2.61. The smallest absolute Gasteiger partial charge is 0.294 e. The number of hydrogen-bond acceptors (Lipinski definition) is 2. The van der Waals surface area contributed by atoms with Crippen LogP contribution in [0.25, 0.3) is 0 Å². The molecule has 0 amide bonds. The van der Waals surface area contributed by atoms with E-state index in [2.05, 4.69) is 5.10 Å². The minimum atomic E-state index is -4.28. The van der Waals surface area contributed by atoms with E-state index in [1.54, 1.807) is 0 Å². The first-order chi connectivity index (χ1) is 6.92. The summed E-state index contributed by atoms with van der Waals surface area (Å²) in [6.45, 7) is 2.42. The number of carbonyl (C=O) groups is 1. The summed E-state index contributed by atoms with van der Waals surface area (Å²) in [6, 6.07) is 0. The highest BCUT2D eigenvalue weighted by Crippen LogP contribution is 2.22. The Kier molecular flexibility index (Phi) is 3.49. The van der Waals surface area contributed by atoms with E-state index < -0.39 is 24.8 Å². The number of carbonyl (C=O) groups excluding carboxylic acids is 1. The maximum atomic E-state index is 11.8. The molecule has 0 fully saturated rings. The van der Waals surface area contributed by atoms with Crippen molar-refractivity contribution in [2.45, 2.75) is 32.5 Å². The topological polar surface area (TPSA) is 34.9 Å².